The topological polar surface area (TPSA) is 51.0 Å². The Kier molecular flexibility index (Phi) is 5.46. The van der Waals surface area contributed by atoms with Crippen LogP contribution in [-0.2, 0) is 12.8 Å². The van der Waals surface area contributed by atoms with Crippen LogP contribution < -0.4 is 5.32 Å². The highest BCUT2D eigenvalue weighted by Crippen LogP contribution is 2.08. The van der Waals surface area contributed by atoms with E-state index in [1.807, 2.05) is 7.05 Å². The van der Waals surface area contributed by atoms with E-state index in [1.54, 1.807) is 0 Å². The van der Waals surface area contributed by atoms with Gasteiger partial charge in [0.1, 0.15) is 0 Å². The van der Waals surface area contributed by atoms with E-state index >= 15 is 0 Å². The zero-order chi connectivity index (χ0) is 12.0. The summed E-state index contributed by atoms with van der Waals surface area (Å²) in [5.74, 6) is 2.28. The van der Waals surface area contributed by atoms with Crippen LogP contribution in [0.2, 0.25) is 0 Å². The van der Waals surface area contributed by atoms with Gasteiger partial charge < -0.3 is 9.84 Å². The number of hydrogen-bond donors (Lipinski definition) is 1. The van der Waals surface area contributed by atoms with E-state index in [0.29, 0.717) is 12.0 Å². The zero-order valence-corrected chi connectivity index (χ0v) is 10.8. The van der Waals surface area contributed by atoms with Crippen molar-refractivity contribution in [3.63, 3.8) is 0 Å². The SMILES string of the molecule is CCC(Cc1nc(CCC(C)C)no1)NC. The number of nitrogens with one attached hydrogen (secondary N) is 1. The van der Waals surface area contributed by atoms with Crippen molar-refractivity contribution in [3.8, 4) is 0 Å². The number of hydrogen-bond acceptors (Lipinski definition) is 4. The van der Waals surface area contributed by atoms with Crippen LogP contribution in [0.1, 0.15) is 45.3 Å². The minimum atomic E-state index is 0.429. The van der Waals surface area contributed by atoms with E-state index in [-0.39, 0.29) is 0 Å². The number of aromatic nitrogens is 2. The average molecular weight is 225 g/mol. The summed E-state index contributed by atoms with van der Waals surface area (Å²) in [4.78, 5) is 4.40. The second-order valence-corrected chi connectivity index (χ2v) is 4.63. The molecule has 1 rings (SSSR count). The molecule has 0 aromatic carbocycles. The highest BCUT2D eigenvalue weighted by atomic mass is 16.5. The lowest BCUT2D eigenvalue weighted by Gasteiger charge is -2.09. The minimum absolute atomic E-state index is 0.429. The molecule has 16 heavy (non-hydrogen) atoms. The standard InChI is InChI=1S/C12H23N3O/c1-5-10(13-4)8-12-14-11(15-16-12)7-6-9(2)3/h9-10,13H,5-8H2,1-4H3. The smallest absolute Gasteiger partial charge is 0.228 e. The second-order valence-electron chi connectivity index (χ2n) is 4.63. The molecule has 0 aliphatic carbocycles. The molecule has 0 spiro atoms. The van der Waals surface area contributed by atoms with E-state index in [9.17, 15) is 0 Å². The Labute approximate surface area is 97.8 Å². The molecule has 0 fully saturated rings. The molecule has 0 aliphatic rings. The van der Waals surface area contributed by atoms with Crippen molar-refractivity contribution < 1.29 is 4.52 Å². The van der Waals surface area contributed by atoms with Crippen molar-refractivity contribution in [1.82, 2.24) is 15.5 Å². The monoisotopic (exact) mass is 225 g/mol. The van der Waals surface area contributed by atoms with E-state index in [2.05, 4.69) is 36.2 Å². The van der Waals surface area contributed by atoms with Gasteiger partial charge in [0.05, 0.1) is 0 Å². The molecule has 1 aromatic rings. The summed E-state index contributed by atoms with van der Waals surface area (Å²) < 4.78 is 5.23. The highest BCUT2D eigenvalue weighted by Gasteiger charge is 2.11. The lowest BCUT2D eigenvalue weighted by molar-refractivity contribution is 0.354. The molecule has 4 nitrogen and oxygen atoms in total. The van der Waals surface area contributed by atoms with Crippen LogP contribution in [-0.4, -0.2) is 23.2 Å². The van der Waals surface area contributed by atoms with Gasteiger partial charge in [0, 0.05) is 18.9 Å². The fourth-order valence-corrected chi connectivity index (χ4v) is 1.55. The van der Waals surface area contributed by atoms with Crippen LogP contribution in [0.5, 0.6) is 0 Å². The molecule has 0 aliphatic heterocycles. The van der Waals surface area contributed by atoms with Crippen molar-refractivity contribution in [2.75, 3.05) is 7.05 Å². The summed E-state index contributed by atoms with van der Waals surface area (Å²) in [6.07, 6.45) is 3.92. The van der Waals surface area contributed by atoms with Gasteiger partial charge in [0.15, 0.2) is 5.82 Å². The first kappa shape index (κ1) is 13.2. The number of nitrogens with zero attached hydrogens (tertiary/aromatic N) is 2. The third-order valence-electron chi connectivity index (χ3n) is 2.78. The first-order valence-corrected chi connectivity index (χ1v) is 6.14. The molecule has 1 unspecified atom stereocenters. The van der Waals surface area contributed by atoms with E-state index in [1.165, 1.54) is 0 Å². The first-order valence-electron chi connectivity index (χ1n) is 6.14. The average Bonchev–Trinajstić information content (AvgIpc) is 2.70. The number of rotatable bonds is 7. The Bertz CT molecular complexity index is 292. The first-order chi connectivity index (χ1) is 7.65. The van der Waals surface area contributed by atoms with Crippen molar-refractivity contribution in [1.29, 1.82) is 0 Å². The van der Waals surface area contributed by atoms with Crippen LogP contribution in [0.4, 0.5) is 0 Å². The molecule has 0 amide bonds. The predicted molar refractivity (Wildman–Crippen MR) is 64.3 cm³/mol. The van der Waals surface area contributed by atoms with Gasteiger partial charge >= 0.3 is 0 Å². The molecule has 0 bridgehead atoms. The third-order valence-corrected chi connectivity index (χ3v) is 2.78. The quantitative estimate of drug-likeness (QED) is 0.773. The maximum Gasteiger partial charge on any atom is 0.228 e. The maximum atomic E-state index is 5.23. The summed E-state index contributed by atoms with van der Waals surface area (Å²) in [6, 6.07) is 0.429. The van der Waals surface area contributed by atoms with Gasteiger partial charge in [-0.25, -0.2) is 0 Å². The van der Waals surface area contributed by atoms with Gasteiger partial charge in [0.25, 0.3) is 0 Å². The number of likely N-dealkylation sites (N-methyl/N-ethyl adjacent to an activating group) is 1. The summed E-state index contributed by atoms with van der Waals surface area (Å²) in [7, 11) is 1.96. The lowest BCUT2D eigenvalue weighted by atomic mass is 10.1. The molecule has 92 valence electrons. The van der Waals surface area contributed by atoms with Gasteiger partial charge in [-0.15, -0.1) is 0 Å². The van der Waals surface area contributed by atoms with Crippen molar-refractivity contribution >= 4 is 0 Å². The molecule has 1 atom stereocenters. The molecule has 1 N–H and O–H groups in total. The molecule has 0 radical (unpaired) electrons. The molecule has 1 heterocycles. The van der Waals surface area contributed by atoms with Crippen molar-refractivity contribution in [3.05, 3.63) is 11.7 Å². The summed E-state index contributed by atoms with van der Waals surface area (Å²) in [6.45, 7) is 6.56. The predicted octanol–water partition coefficient (Wildman–Crippen LogP) is 2.20. The van der Waals surface area contributed by atoms with Crippen molar-refractivity contribution in [2.24, 2.45) is 5.92 Å². The molecule has 1 aromatic heterocycles. The Balaban J connectivity index is 2.44. The largest absolute Gasteiger partial charge is 0.339 e. The second kappa shape index (κ2) is 6.63. The van der Waals surface area contributed by atoms with Gasteiger partial charge in [-0.1, -0.05) is 25.9 Å². The summed E-state index contributed by atoms with van der Waals surface area (Å²) >= 11 is 0. The van der Waals surface area contributed by atoms with E-state index < -0.39 is 0 Å². The van der Waals surface area contributed by atoms with Crippen LogP contribution in [0.15, 0.2) is 4.52 Å². The lowest BCUT2D eigenvalue weighted by Crippen LogP contribution is -2.26. The molecule has 0 saturated heterocycles. The van der Waals surface area contributed by atoms with Gasteiger partial charge in [-0.3, -0.25) is 0 Å². The molecular formula is C12H23N3O. The molecule has 0 saturated carbocycles. The Morgan fingerprint density at radius 2 is 2.12 bits per heavy atom. The van der Waals surface area contributed by atoms with Crippen LogP contribution in [0, 0.1) is 5.92 Å². The van der Waals surface area contributed by atoms with Crippen LogP contribution in [0.25, 0.3) is 0 Å². The number of aryl methyl sites for hydroxylation is 1. The molecular weight excluding hydrogens is 202 g/mol. The fraction of sp³-hybridized carbons (Fsp3) is 0.833. The minimum Gasteiger partial charge on any atom is -0.339 e. The Hall–Kier alpha value is -0.900. The van der Waals surface area contributed by atoms with Crippen molar-refractivity contribution in [2.45, 2.75) is 52.5 Å². The Morgan fingerprint density at radius 3 is 2.69 bits per heavy atom. The van der Waals surface area contributed by atoms with Gasteiger partial charge in [-0.2, -0.15) is 4.98 Å². The molecule has 4 heteroatoms. The van der Waals surface area contributed by atoms with E-state index in [0.717, 1.165) is 37.4 Å². The summed E-state index contributed by atoms with van der Waals surface area (Å²) in [5.41, 5.74) is 0. The zero-order valence-electron chi connectivity index (χ0n) is 10.8. The maximum absolute atomic E-state index is 5.23. The van der Waals surface area contributed by atoms with E-state index in [4.69, 9.17) is 4.52 Å². The fourth-order valence-electron chi connectivity index (χ4n) is 1.55. The summed E-state index contributed by atoms with van der Waals surface area (Å²) in [5, 5.41) is 7.23. The van der Waals surface area contributed by atoms with Crippen LogP contribution >= 0.6 is 0 Å². The van der Waals surface area contributed by atoms with Crippen LogP contribution in [0.3, 0.4) is 0 Å². The van der Waals surface area contributed by atoms with Gasteiger partial charge in [0.2, 0.25) is 5.89 Å². The Morgan fingerprint density at radius 1 is 1.38 bits per heavy atom. The highest BCUT2D eigenvalue weighted by molar-refractivity contribution is 4.89. The normalized spacial score (nSPS) is 13.3. The third kappa shape index (κ3) is 4.31. The van der Waals surface area contributed by atoms with Gasteiger partial charge in [-0.05, 0) is 25.8 Å².